The Labute approximate surface area is 110 Å². The Bertz CT molecular complexity index is 725. The number of aromatic nitrogens is 4. The fraction of sp³-hybridized carbons (Fsp3) is 0.214. The second kappa shape index (κ2) is 4.35. The van der Waals surface area contributed by atoms with E-state index in [1.807, 2.05) is 19.9 Å². The lowest BCUT2D eigenvalue weighted by Crippen LogP contribution is -2.09. The highest BCUT2D eigenvalue weighted by Gasteiger charge is 2.10. The fourth-order valence-electron chi connectivity index (χ4n) is 2.22. The molecule has 2 aromatic heterocycles. The molecule has 3 aromatic rings. The van der Waals surface area contributed by atoms with Gasteiger partial charge in [0.25, 0.3) is 0 Å². The first-order valence-electron chi connectivity index (χ1n) is 6.07. The van der Waals surface area contributed by atoms with E-state index in [-0.39, 0.29) is 0 Å². The summed E-state index contributed by atoms with van der Waals surface area (Å²) in [6.45, 7) is 6.12. The van der Waals surface area contributed by atoms with Crippen LogP contribution in [-0.4, -0.2) is 20.1 Å². The summed E-state index contributed by atoms with van der Waals surface area (Å²) in [6.07, 6.45) is 3.36. The van der Waals surface area contributed by atoms with E-state index in [0.29, 0.717) is 5.52 Å². The molecule has 0 atom stereocenters. The third-order valence-corrected chi connectivity index (χ3v) is 3.00. The third-order valence-electron chi connectivity index (χ3n) is 3.00. The molecule has 0 spiro atoms. The number of fused-ring (bicyclic) bond motifs is 1. The summed E-state index contributed by atoms with van der Waals surface area (Å²) in [7, 11) is 0. The molecule has 2 heterocycles. The Morgan fingerprint density at radius 1 is 1.11 bits per heavy atom. The molecule has 0 bridgehead atoms. The Morgan fingerprint density at radius 2 is 1.84 bits per heavy atom. The van der Waals surface area contributed by atoms with Crippen LogP contribution >= 0.6 is 0 Å². The summed E-state index contributed by atoms with van der Waals surface area (Å²) in [6, 6.07) is 6.00. The zero-order valence-corrected chi connectivity index (χ0v) is 11.1. The van der Waals surface area contributed by atoms with Gasteiger partial charge in [0.1, 0.15) is 11.0 Å². The Morgan fingerprint density at radius 3 is 2.58 bits per heavy atom. The number of aryl methyl sites for hydroxylation is 3. The van der Waals surface area contributed by atoms with Gasteiger partial charge in [-0.3, -0.25) is 4.98 Å². The quantitative estimate of drug-likeness (QED) is 0.705. The van der Waals surface area contributed by atoms with Crippen molar-refractivity contribution < 1.29 is 4.84 Å². The van der Waals surface area contributed by atoms with Crippen LogP contribution in [0, 0.1) is 20.8 Å². The van der Waals surface area contributed by atoms with E-state index in [1.54, 1.807) is 12.4 Å². The van der Waals surface area contributed by atoms with Gasteiger partial charge in [-0.25, -0.2) is 0 Å². The Hall–Kier alpha value is -2.43. The zero-order valence-electron chi connectivity index (χ0n) is 11.1. The second-order valence-corrected chi connectivity index (χ2v) is 4.65. The number of benzene rings is 1. The van der Waals surface area contributed by atoms with Crippen LogP contribution in [0.1, 0.15) is 16.7 Å². The van der Waals surface area contributed by atoms with Crippen molar-refractivity contribution >= 4 is 11.0 Å². The summed E-state index contributed by atoms with van der Waals surface area (Å²) < 4.78 is 0. The topological polar surface area (TPSA) is 52.8 Å². The highest BCUT2D eigenvalue weighted by Crippen LogP contribution is 2.25. The van der Waals surface area contributed by atoms with Crippen molar-refractivity contribution in [3.63, 3.8) is 0 Å². The standard InChI is InChI=1S/C14H14N4O/c1-9-6-10(2)14(11(3)7-9)19-18-13-4-5-15-8-12(13)16-17-18/h4-8H,1-3H3. The van der Waals surface area contributed by atoms with E-state index in [2.05, 4.69) is 34.4 Å². The third kappa shape index (κ3) is 2.03. The largest absolute Gasteiger partial charge is 0.355 e. The molecule has 0 saturated carbocycles. The van der Waals surface area contributed by atoms with Crippen LogP contribution < -0.4 is 4.84 Å². The van der Waals surface area contributed by atoms with E-state index in [0.717, 1.165) is 22.4 Å². The van der Waals surface area contributed by atoms with E-state index < -0.39 is 0 Å². The highest BCUT2D eigenvalue weighted by atomic mass is 16.7. The average molecular weight is 254 g/mol. The minimum atomic E-state index is 0.713. The van der Waals surface area contributed by atoms with Crippen LogP contribution in [0.2, 0.25) is 0 Å². The van der Waals surface area contributed by atoms with Crippen molar-refractivity contribution in [1.82, 2.24) is 20.1 Å². The lowest BCUT2D eigenvalue weighted by Gasteiger charge is -2.11. The molecule has 0 N–H and O–H groups in total. The van der Waals surface area contributed by atoms with Crippen molar-refractivity contribution in [3.05, 3.63) is 47.3 Å². The molecule has 3 rings (SSSR count). The zero-order chi connectivity index (χ0) is 13.4. The molecule has 0 unspecified atom stereocenters. The van der Waals surface area contributed by atoms with Gasteiger partial charge in [0.15, 0.2) is 5.75 Å². The summed E-state index contributed by atoms with van der Waals surface area (Å²) in [5.74, 6) is 0.814. The molecule has 0 amide bonds. The van der Waals surface area contributed by atoms with Gasteiger partial charge in [0.2, 0.25) is 0 Å². The SMILES string of the molecule is Cc1cc(C)c(On2nnc3cnccc32)c(C)c1. The molecule has 0 aliphatic heterocycles. The monoisotopic (exact) mass is 254 g/mol. The van der Waals surface area contributed by atoms with Crippen molar-refractivity contribution in [3.8, 4) is 5.75 Å². The summed E-state index contributed by atoms with van der Waals surface area (Å²) in [5, 5.41) is 8.02. The molecule has 0 aliphatic carbocycles. The average Bonchev–Trinajstić information content (AvgIpc) is 2.77. The van der Waals surface area contributed by atoms with Crippen LogP contribution in [0.4, 0.5) is 0 Å². The summed E-state index contributed by atoms with van der Waals surface area (Å²) >= 11 is 0. The first-order valence-corrected chi connectivity index (χ1v) is 6.07. The number of hydrogen-bond acceptors (Lipinski definition) is 4. The van der Waals surface area contributed by atoms with Gasteiger partial charge in [-0.1, -0.05) is 22.5 Å². The number of hydrogen-bond donors (Lipinski definition) is 0. The highest BCUT2D eigenvalue weighted by molar-refractivity contribution is 5.72. The van der Waals surface area contributed by atoms with Gasteiger partial charge in [-0.15, -0.1) is 5.10 Å². The molecule has 0 fully saturated rings. The van der Waals surface area contributed by atoms with Crippen LogP contribution in [0.3, 0.4) is 0 Å². The van der Waals surface area contributed by atoms with Crippen LogP contribution in [0.5, 0.6) is 5.75 Å². The maximum absolute atomic E-state index is 5.86. The van der Waals surface area contributed by atoms with Crippen LogP contribution in [0.15, 0.2) is 30.6 Å². The molecule has 19 heavy (non-hydrogen) atoms. The Kier molecular flexibility index (Phi) is 2.67. The molecule has 0 aliphatic rings. The summed E-state index contributed by atoms with van der Waals surface area (Å²) in [5.41, 5.74) is 4.89. The van der Waals surface area contributed by atoms with Crippen LogP contribution in [0.25, 0.3) is 11.0 Å². The molecular weight excluding hydrogens is 240 g/mol. The van der Waals surface area contributed by atoms with E-state index in [1.165, 1.54) is 10.4 Å². The van der Waals surface area contributed by atoms with E-state index >= 15 is 0 Å². The van der Waals surface area contributed by atoms with Crippen molar-refractivity contribution in [2.24, 2.45) is 0 Å². The maximum Gasteiger partial charge on any atom is 0.163 e. The van der Waals surface area contributed by atoms with Gasteiger partial charge in [-0.05, 0) is 43.2 Å². The van der Waals surface area contributed by atoms with E-state index in [4.69, 9.17) is 4.84 Å². The van der Waals surface area contributed by atoms with Gasteiger partial charge in [0.05, 0.1) is 6.20 Å². The molecule has 5 heteroatoms. The molecule has 0 radical (unpaired) electrons. The first-order chi connectivity index (χ1) is 9.15. The smallest absolute Gasteiger partial charge is 0.163 e. The first kappa shape index (κ1) is 11.6. The van der Waals surface area contributed by atoms with Gasteiger partial charge in [-0.2, -0.15) is 0 Å². The van der Waals surface area contributed by atoms with Crippen LogP contribution in [-0.2, 0) is 0 Å². The van der Waals surface area contributed by atoms with E-state index in [9.17, 15) is 0 Å². The maximum atomic E-state index is 5.86. The predicted molar refractivity (Wildman–Crippen MR) is 72.0 cm³/mol. The number of nitrogens with zero attached hydrogens (tertiary/aromatic N) is 4. The van der Waals surface area contributed by atoms with Crippen molar-refractivity contribution in [2.45, 2.75) is 20.8 Å². The van der Waals surface area contributed by atoms with Crippen molar-refractivity contribution in [1.29, 1.82) is 0 Å². The lowest BCUT2D eigenvalue weighted by atomic mass is 10.1. The molecule has 5 nitrogen and oxygen atoms in total. The lowest BCUT2D eigenvalue weighted by molar-refractivity contribution is 0.181. The van der Waals surface area contributed by atoms with Gasteiger partial charge in [0, 0.05) is 6.20 Å². The minimum Gasteiger partial charge on any atom is -0.355 e. The summed E-state index contributed by atoms with van der Waals surface area (Å²) in [4.78, 5) is 11.3. The van der Waals surface area contributed by atoms with Crippen molar-refractivity contribution in [2.75, 3.05) is 0 Å². The normalized spacial score (nSPS) is 10.9. The minimum absolute atomic E-state index is 0.713. The molecule has 96 valence electrons. The number of rotatable bonds is 2. The fourth-order valence-corrected chi connectivity index (χ4v) is 2.22. The number of pyridine rings is 1. The predicted octanol–water partition coefficient (Wildman–Crippen LogP) is 2.59. The van der Waals surface area contributed by atoms with Gasteiger partial charge < -0.3 is 4.84 Å². The Balaban J connectivity index is 2.06. The molecule has 0 saturated heterocycles. The second-order valence-electron chi connectivity index (χ2n) is 4.65. The molecule has 1 aromatic carbocycles. The molecular formula is C14H14N4O. The van der Waals surface area contributed by atoms with Gasteiger partial charge >= 0.3 is 0 Å².